The van der Waals surface area contributed by atoms with Crippen LogP contribution in [-0.2, 0) is 5.60 Å². The molecule has 1 fully saturated rings. The van der Waals surface area contributed by atoms with Gasteiger partial charge < -0.3 is 10.4 Å². The molecule has 0 radical (unpaired) electrons. The van der Waals surface area contributed by atoms with Crippen molar-refractivity contribution in [3.63, 3.8) is 0 Å². The van der Waals surface area contributed by atoms with Crippen molar-refractivity contribution in [2.45, 2.75) is 50.7 Å². The molecule has 0 bridgehead atoms. The summed E-state index contributed by atoms with van der Waals surface area (Å²) in [5.41, 5.74) is 0.472. The highest BCUT2D eigenvalue weighted by Gasteiger charge is 2.36. The van der Waals surface area contributed by atoms with Crippen molar-refractivity contribution in [3.05, 3.63) is 20.8 Å². The van der Waals surface area contributed by atoms with Crippen LogP contribution in [0.5, 0.6) is 0 Å². The van der Waals surface area contributed by atoms with Crippen molar-refractivity contribution in [1.29, 1.82) is 0 Å². The number of rotatable bonds is 4. The van der Waals surface area contributed by atoms with E-state index in [1.54, 1.807) is 11.3 Å². The number of halogens is 1. The topological polar surface area (TPSA) is 32.3 Å². The van der Waals surface area contributed by atoms with Crippen LogP contribution in [0.25, 0.3) is 0 Å². The van der Waals surface area contributed by atoms with Gasteiger partial charge in [-0.25, -0.2) is 0 Å². The van der Waals surface area contributed by atoms with Crippen LogP contribution in [0.15, 0.2) is 15.2 Å². The molecule has 1 aromatic rings. The Balaban J connectivity index is 1.96. The molecule has 1 aliphatic carbocycles. The molecule has 0 atom stereocenters. The van der Waals surface area contributed by atoms with Crippen LogP contribution < -0.4 is 5.32 Å². The van der Waals surface area contributed by atoms with Gasteiger partial charge >= 0.3 is 0 Å². The quantitative estimate of drug-likeness (QED) is 0.888. The zero-order chi connectivity index (χ0) is 12.3. The van der Waals surface area contributed by atoms with E-state index in [1.807, 2.05) is 0 Å². The predicted octanol–water partition coefficient (Wildman–Crippen LogP) is 3.64. The maximum absolute atomic E-state index is 10.7. The lowest BCUT2D eigenvalue weighted by Gasteiger charge is -2.36. The highest BCUT2D eigenvalue weighted by atomic mass is 79.9. The normalized spacial score (nSPS) is 29.5. The Morgan fingerprint density at radius 1 is 1.47 bits per heavy atom. The third-order valence-electron chi connectivity index (χ3n) is 3.61. The Morgan fingerprint density at radius 2 is 2.18 bits per heavy atom. The van der Waals surface area contributed by atoms with Gasteiger partial charge in [-0.15, -0.1) is 0 Å². The van der Waals surface area contributed by atoms with Gasteiger partial charge in [-0.2, -0.15) is 11.3 Å². The SMILES string of the molecule is CCCNC1CCC(O)(c2cscc2Br)CC1. The zero-order valence-electron chi connectivity index (χ0n) is 10.2. The van der Waals surface area contributed by atoms with Crippen molar-refractivity contribution < 1.29 is 5.11 Å². The minimum Gasteiger partial charge on any atom is -0.385 e. The first-order chi connectivity index (χ1) is 8.15. The molecule has 0 aliphatic heterocycles. The molecule has 2 N–H and O–H groups in total. The van der Waals surface area contributed by atoms with Crippen LogP contribution in [-0.4, -0.2) is 17.7 Å². The molecule has 1 aliphatic rings. The standard InChI is InChI=1S/C13H20BrNOS/c1-2-7-15-10-3-5-13(16,6-4-10)11-8-17-9-12(11)14/h8-10,15-16H,2-7H2,1H3. The molecule has 1 saturated carbocycles. The second kappa shape index (κ2) is 5.83. The summed E-state index contributed by atoms with van der Waals surface area (Å²) < 4.78 is 1.06. The van der Waals surface area contributed by atoms with Gasteiger partial charge in [-0.3, -0.25) is 0 Å². The zero-order valence-corrected chi connectivity index (χ0v) is 12.6. The lowest BCUT2D eigenvalue weighted by Crippen LogP contribution is -2.40. The van der Waals surface area contributed by atoms with Gasteiger partial charge in [-0.1, -0.05) is 6.92 Å². The minimum atomic E-state index is -0.608. The fourth-order valence-corrected chi connectivity index (χ4v) is 4.29. The van der Waals surface area contributed by atoms with Crippen molar-refractivity contribution in [3.8, 4) is 0 Å². The Kier molecular flexibility index (Phi) is 4.64. The van der Waals surface area contributed by atoms with Gasteiger partial charge in [0.25, 0.3) is 0 Å². The molecular formula is C13H20BrNOS. The van der Waals surface area contributed by atoms with Crippen LogP contribution in [0.1, 0.15) is 44.6 Å². The molecule has 2 rings (SSSR count). The number of nitrogens with one attached hydrogen (secondary N) is 1. The van der Waals surface area contributed by atoms with Crippen LogP contribution in [0.3, 0.4) is 0 Å². The van der Waals surface area contributed by atoms with E-state index in [0.717, 1.165) is 42.3 Å². The van der Waals surface area contributed by atoms with E-state index in [2.05, 4.69) is 38.9 Å². The predicted molar refractivity (Wildman–Crippen MR) is 76.5 cm³/mol. The Bertz CT molecular complexity index is 358. The van der Waals surface area contributed by atoms with E-state index in [0.29, 0.717) is 6.04 Å². The molecule has 1 aromatic heterocycles. The molecule has 4 heteroatoms. The summed E-state index contributed by atoms with van der Waals surface area (Å²) >= 11 is 5.18. The second-order valence-corrected chi connectivity index (χ2v) is 6.49. The van der Waals surface area contributed by atoms with Crippen LogP contribution >= 0.6 is 27.3 Å². The maximum atomic E-state index is 10.7. The molecule has 17 heavy (non-hydrogen) atoms. The maximum Gasteiger partial charge on any atom is 0.0916 e. The molecular weight excluding hydrogens is 298 g/mol. The van der Waals surface area contributed by atoms with Gasteiger partial charge in [0, 0.05) is 21.5 Å². The number of aliphatic hydroxyl groups is 1. The summed E-state index contributed by atoms with van der Waals surface area (Å²) in [6, 6.07) is 0.590. The molecule has 0 amide bonds. The van der Waals surface area contributed by atoms with Crippen LogP contribution in [0.4, 0.5) is 0 Å². The first-order valence-corrected chi connectivity index (χ1v) is 8.07. The molecule has 96 valence electrons. The summed E-state index contributed by atoms with van der Waals surface area (Å²) in [6.45, 7) is 3.28. The van der Waals surface area contributed by atoms with E-state index in [1.165, 1.54) is 6.42 Å². The molecule has 0 saturated heterocycles. The molecule has 0 unspecified atom stereocenters. The first kappa shape index (κ1) is 13.5. The Hall–Kier alpha value is 0.100. The summed E-state index contributed by atoms with van der Waals surface area (Å²) in [5.74, 6) is 0. The van der Waals surface area contributed by atoms with E-state index in [-0.39, 0.29) is 0 Å². The summed E-state index contributed by atoms with van der Waals surface area (Å²) in [4.78, 5) is 0. The lowest BCUT2D eigenvalue weighted by atomic mass is 9.78. The Morgan fingerprint density at radius 3 is 2.71 bits per heavy atom. The van der Waals surface area contributed by atoms with E-state index in [9.17, 15) is 5.11 Å². The summed E-state index contributed by atoms with van der Waals surface area (Å²) in [6.07, 6.45) is 5.04. The number of hydrogen-bond donors (Lipinski definition) is 2. The van der Waals surface area contributed by atoms with Gasteiger partial charge in [0.05, 0.1) is 5.60 Å². The van der Waals surface area contributed by atoms with Crippen molar-refractivity contribution in [2.24, 2.45) is 0 Å². The van der Waals surface area contributed by atoms with Gasteiger partial charge in [0.2, 0.25) is 0 Å². The summed E-state index contributed by atoms with van der Waals surface area (Å²) in [5, 5.41) is 18.4. The summed E-state index contributed by atoms with van der Waals surface area (Å²) in [7, 11) is 0. The first-order valence-electron chi connectivity index (χ1n) is 6.33. The third-order valence-corrected chi connectivity index (χ3v) is 5.31. The van der Waals surface area contributed by atoms with Crippen LogP contribution in [0, 0.1) is 0 Å². The monoisotopic (exact) mass is 317 g/mol. The van der Waals surface area contributed by atoms with Crippen molar-refractivity contribution in [1.82, 2.24) is 5.32 Å². The Labute approximate surface area is 116 Å². The highest BCUT2D eigenvalue weighted by Crippen LogP contribution is 2.41. The smallest absolute Gasteiger partial charge is 0.0916 e. The molecule has 1 heterocycles. The van der Waals surface area contributed by atoms with Crippen molar-refractivity contribution in [2.75, 3.05) is 6.54 Å². The van der Waals surface area contributed by atoms with E-state index in [4.69, 9.17) is 0 Å². The van der Waals surface area contributed by atoms with E-state index >= 15 is 0 Å². The average molecular weight is 318 g/mol. The fourth-order valence-electron chi connectivity index (χ4n) is 2.53. The number of hydrogen-bond acceptors (Lipinski definition) is 3. The molecule has 0 aromatic carbocycles. The fraction of sp³-hybridized carbons (Fsp3) is 0.692. The van der Waals surface area contributed by atoms with Gasteiger partial charge in [-0.05, 0) is 60.0 Å². The minimum absolute atomic E-state index is 0.590. The average Bonchev–Trinajstić information content (AvgIpc) is 2.76. The molecule has 2 nitrogen and oxygen atoms in total. The van der Waals surface area contributed by atoms with Crippen molar-refractivity contribution >= 4 is 27.3 Å². The second-order valence-electron chi connectivity index (χ2n) is 4.89. The highest BCUT2D eigenvalue weighted by molar-refractivity contribution is 9.10. The molecule has 0 spiro atoms. The lowest BCUT2D eigenvalue weighted by molar-refractivity contribution is -0.00850. The van der Waals surface area contributed by atoms with Crippen LogP contribution in [0.2, 0.25) is 0 Å². The van der Waals surface area contributed by atoms with E-state index < -0.39 is 5.60 Å². The third kappa shape index (κ3) is 3.11. The van der Waals surface area contributed by atoms with Gasteiger partial charge in [0.15, 0.2) is 0 Å². The van der Waals surface area contributed by atoms with Gasteiger partial charge in [0.1, 0.15) is 0 Å². The largest absolute Gasteiger partial charge is 0.385 e. The number of thiophene rings is 1.